The highest BCUT2D eigenvalue weighted by molar-refractivity contribution is 6.38. The van der Waals surface area contributed by atoms with Gasteiger partial charge in [0.1, 0.15) is 6.04 Å². The van der Waals surface area contributed by atoms with Crippen molar-refractivity contribution < 1.29 is 19.2 Å². The van der Waals surface area contributed by atoms with Gasteiger partial charge in [-0.2, -0.15) is 0 Å². The smallest absolute Gasteiger partial charge is 0.289 e. The summed E-state index contributed by atoms with van der Waals surface area (Å²) in [6, 6.07) is -2.24. The van der Waals surface area contributed by atoms with E-state index in [-0.39, 0.29) is 24.8 Å². The Morgan fingerprint density at radius 3 is 2.39 bits per heavy atom. The first kappa shape index (κ1) is 24.8. The van der Waals surface area contributed by atoms with Gasteiger partial charge in [-0.05, 0) is 44.4 Å². The van der Waals surface area contributed by atoms with Crippen LogP contribution in [0.15, 0.2) is 25.3 Å². The van der Waals surface area contributed by atoms with Gasteiger partial charge in [0.25, 0.3) is 5.91 Å². The first-order chi connectivity index (χ1) is 14.9. The molecule has 1 saturated heterocycles. The van der Waals surface area contributed by atoms with Crippen molar-refractivity contribution in [3.05, 3.63) is 25.3 Å². The summed E-state index contributed by atoms with van der Waals surface area (Å²) in [6.45, 7) is 7.78. The summed E-state index contributed by atoms with van der Waals surface area (Å²) in [4.78, 5) is 52.2. The van der Waals surface area contributed by atoms with Crippen molar-refractivity contribution in [2.45, 2.75) is 75.9 Å². The van der Waals surface area contributed by atoms with Gasteiger partial charge in [-0.1, -0.05) is 31.4 Å². The molecule has 1 aliphatic heterocycles. The lowest BCUT2D eigenvalue weighted by Crippen LogP contribution is -2.56. The highest BCUT2D eigenvalue weighted by Gasteiger charge is 2.39. The van der Waals surface area contributed by atoms with E-state index in [1.54, 1.807) is 11.0 Å². The topological polar surface area (TPSA) is 122 Å². The lowest BCUT2D eigenvalue weighted by atomic mass is 9.83. The first-order valence-corrected chi connectivity index (χ1v) is 11.3. The van der Waals surface area contributed by atoms with Crippen LogP contribution in [0.4, 0.5) is 0 Å². The molecular weight excluding hydrogens is 396 g/mol. The van der Waals surface area contributed by atoms with Crippen LogP contribution in [0.5, 0.6) is 0 Å². The minimum atomic E-state index is -0.972. The molecule has 3 atom stereocenters. The first-order valence-electron chi connectivity index (χ1n) is 11.3. The normalized spacial score (nSPS) is 21.1. The van der Waals surface area contributed by atoms with E-state index in [4.69, 9.17) is 5.73 Å². The zero-order chi connectivity index (χ0) is 22.8. The number of carbonyl (C=O) groups excluding carboxylic acids is 4. The highest BCUT2D eigenvalue weighted by Crippen LogP contribution is 2.28. The SMILES string of the molecule is C=CCCC(NC(=O)[C@@H]1CCCN1C(=O)[C@@H](N)C1CCCCC1)C(=O)C(=O)NCC=C. The molecule has 4 N–H and O–H groups in total. The van der Waals surface area contributed by atoms with E-state index < -0.39 is 35.7 Å². The molecule has 3 amide bonds. The molecule has 2 fully saturated rings. The van der Waals surface area contributed by atoms with Gasteiger partial charge >= 0.3 is 0 Å². The van der Waals surface area contributed by atoms with Crippen molar-refractivity contribution in [1.82, 2.24) is 15.5 Å². The molecule has 0 bridgehead atoms. The van der Waals surface area contributed by atoms with Crippen LogP contribution in [0.3, 0.4) is 0 Å². The summed E-state index contributed by atoms with van der Waals surface area (Å²) < 4.78 is 0. The van der Waals surface area contributed by atoms with Crippen LogP contribution in [-0.2, 0) is 19.2 Å². The standard InChI is InChI=1S/C23H36N4O4/c1-3-5-12-17(20(28)22(30)25-14-4-2)26-21(29)18-13-9-15-27(18)23(31)19(24)16-10-7-6-8-11-16/h3-4,16-19H,1-2,5-15,24H2,(H,25,30)(H,26,29)/t17?,18-,19-/m0/s1. The Hall–Kier alpha value is -2.48. The third-order valence-electron chi connectivity index (χ3n) is 6.20. The quantitative estimate of drug-likeness (QED) is 0.335. The summed E-state index contributed by atoms with van der Waals surface area (Å²) in [5, 5.41) is 5.14. The summed E-state index contributed by atoms with van der Waals surface area (Å²) in [5.41, 5.74) is 6.29. The maximum Gasteiger partial charge on any atom is 0.289 e. The molecule has 1 saturated carbocycles. The molecule has 2 aliphatic rings. The van der Waals surface area contributed by atoms with E-state index in [1.807, 2.05) is 0 Å². The van der Waals surface area contributed by atoms with Gasteiger partial charge in [-0.25, -0.2) is 0 Å². The summed E-state index contributed by atoms with van der Waals surface area (Å²) >= 11 is 0. The van der Waals surface area contributed by atoms with Gasteiger partial charge in [0.05, 0.1) is 12.1 Å². The Morgan fingerprint density at radius 1 is 1.03 bits per heavy atom. The number of amides is 3. The predicted octanol–water partition coefficient (Wildman–Crippen LogP) is 1.21. The Labute approximate surface area is 184 Å². The number of nitrogens with one attached hydrogen (secondary N) is 2. The Bertz CT molecular complexity index is 687. The molecule has 0 aromatic carbocycles. The molecule has 0 aromatic rings. The van der Waals surface area contributed by atoms with E-state index in [0.29, 0.717) is 25.8 Å². The van der Waals surface area contributed by atoms with Crippen LogP contribution in [0.25, 0.3) is 0 Å². The van der Waals surface area contributed by atoms with Gasteiger partial charge in [-0.3, -0.25) is 19.2 Å². The van der Waals surface area contributed by atoms with E-state index in [2.05, 4.69) is 23.8 Å². The molecule has 0 spiro atoms. The third-order valence-corrected chi connectivity index (χ3v) is 6.20. The lowest BCUT2D eigenvalue weighted by molar-refractivity contribution is -0.143. The van der Waals surface area contributed by atoms with Crippen molar-refractivity contribution in [3.63, 3.8) is 0 Å². The number of hydrogen-bond acceptors (Lipinski definition) is 5. The number of carbonyl (C=O) groups is 4. The maximum absolute atomic E-state index is 13.0. The molecule has 1 unspecified atom stereocenters. The van der Waals surface area contributed by atoms with Crippen LogP contribution < -0.4 is 16.4 Å². The Kier molecular flexibility index (Phi) is 9.91. The van der Waals surface area contributed by atoms with Crippen molar-refractivity contribution in [2.75, 3.05) is 13.1 Å². The van der Waals surface area contributed by atoms with Crippen molar-refractivity contribution in [3.8, 4) is 0 Å². The average molecular weight is 433 g/mol. The van der Waals surface area contributed by atoms with Crippen LogP contribution >= 0.6 is 0 Å². The van der Waals surface area contributed by atoms with Crippen molar-refractivity contribution in [2.24, 2.45) is 11.7 Å². The summed E-state index contributed by atoms with van der Waals surface area (Å²) in [5.74, 6) is -1.94. The zero-order valence-electron chi connectivity index (χ0n) is 18.3. The number of ketones is 1. The number of rotatable bonds is 11. The molecule has 172 valence electrons. The number of nitrogens with two attached hydrogens (primary N) is 1. The fourth-order valence-corrected chi connectivity index (χ4v) is 4.42. The number of nitrogens with zero attached hydrogens (tertiary/aromatic N) is 1. The van der Waals surface area contributed by atoms with Crippen molar-refractivity contribution >= 4 is 23.5 Å². The van der Waals surface area contributed by atoms with Gasteiger partial charge in [0.15, 0.2) is 0 Å². The van der Waals surface area contributed by atoms with Gasteiger partial charge < -0.3 is 21.3 Å². The second-order valence-electron chi connectivity index (χ2n) is 8.40. The number of Topliss-reactive ketones (excluding diaryl/α,β-unsaturated/α-hetero) is 1. The monoisotopic (exact) mass is 432 g/mol. The van der Waals surface area contributed by atoms with E-state index in [9.17, 15) is 19.2 Å². The van der Waals surface area contributed by atoms with Crippen LogP contribution in [0.1, 0.15) is 57.8 Å². The average Bonchev–Trinajstić information content (AvgIpc) is 3.29. The number of hydrogen-bond donors (Lipinski definition) is 3. The van der Waals surface area contributed by atoms with Crippen LogP contribution in [-0.4, -0.2) is 59.6 Å². The fourth-order valence-electron chi connectivity index (χ4n) is 4.42. The molecule has 8 heteroatoms. The molecule has 1 heterocycles. The van der Waals surface area contributed by atoms with Gasteiger partial charge in [0, 0.05) is 13.1 Å². The zero-order valence-corrected chi connectivity index (χ0v) is 18.3. The molecular formula is C23H36N4O4. The molecule has 31 heavy (non-hydrogen) atoms. The maximum atomic E-state index is 13.0. The van der Waals surface area contributed by atoms with Crippen LogP contribution in [0.2, 0.25) is 0 Å². The van der Waals surface area contributed by atoms with Gasteiger partial charge in [-0.15, -0.1) is 13.2 Å². The minimum Gasteiger partial charge on any atom is -0.346 e. The number of likely N-dealkylation sites (tertiary alicyclic amines) is 1. The summed E-state index contributed by atoms with van der Waals surface area (Å²) in [6.07, 6.45) is 10.3. The number of allylic oxidation sites excluding steroid dienone is 1. The molecule has 0 radical (unpaired) electrons. The second-order valence-corrected chi connectivity index (χ2v) is 8.40. The lowest BCUT2D eigenvalue weighted by Gasteiger charge is -2.32. The second kappa shape index (κ2) is 12.4. The van der Waals surface area contributed by atoms with Crippen molar-refractivity contribution in [1.29, 1.82) is 0 Å². The molecule has 2 rings (SSSR count). The fraction of sp³-hybridized carbons (Fsp3) is 0.652. The van der Waals surface area contributed by atoms with Crippen LogP contribution in [0, 0.1) is 5.92 Å². The van der Waals surface area contributed by atoms with E-state index in [1.165, 1.54) is 12.5 Å². The van der Waals surface area contributed by atoms with E-state index in [0.717, 1.165) is 25.7 Å². The van der Waals surface area contributed by atoms with E-state index >= 15 is 0 Å². The molecule has 1 aliphatic carbocycles. The molecule has 0 aromatic heterocycles. The third kappa shape index (κ3) is 6.75. The van der Waals surface area contributed by atoms with Gasteiger partial charge in [0.2, 0.25) is 17.6 Å². The summed E-state index contributed by atoms with van der Waals surface area (Å²) in [7, 11) is 0. The molecule has 8 nitrogen and oxygen atoms in total. The Morgan fingerprint density at radius 2 is 1.74 bits per heavy atom. The highest BCUT2D eigenvalue weighted by atomic mass is 16.2. The predicted molar refractivity (Wildman–Crippen MR) is 119 cm³/mol. The largest absolute Gasteiger partial charge is 0.346 e. The minimum absolute atomic E-state index is 0.154. The Balaban J connectivity index is 2.04.